The van der Waals surface area contributed by atoms with E-state index in [-0.39, 0.29) is 0 Å². The average molecular weight is 266 g/mol. The standard InChI is InChI=1S/C17H34N2/c1-5-7-9-10-11-12-17-18(13-8-6-2)14-15-19(17)16(3)4/h14-17H,5-13H2,1-4H3. The Morgan fingerprint density at radius 3 is 2.21 bits per heavy atom. The van der Waals surface area contributed by atoms with E-state index in [0.29, 0.717) is 12.2 Å². The second-order valence-electron chi connectivity index (χ2n) is 6.11. The van der Waals surface area contributed by atoms with Crippen LogP contribution >= 0.6 is 0 Å². The van der Waals surface area contributed by atoms with Crippen LogP contribution in [0.1, 0.15) is 79.1 Å². The van der Waals surface area contributed by atoms with Gasteiger partial charge in [0.15, 0.2) is 0 Å². The smallest absolute Gasteiger partial charge is 0.101 e. The molecule has 0 aromatic rings. The van der Waals surface area contributed by atoms with Gasteiger partial charge in [-0.15, -0.1) is 0 Å². The van der Waals surface area contributed by atoms with Crippen LogP contribution in [0.4, 0.5) is 0 Å². The molecule has 1 atom stereocenters. The molecule has 19 heavy (non-hydrogen) atoms. The van der Waals surface area contributed by atoms with E-state index in [1.165, 1.54) is 57.9 Å². The van der Waals surface area contributed by atoms with E-state index in [1.807, 2.05) is 0 Å². The quantitative estimate of drug-likeness (QED) is 0.515. The van der Waals surface area contributed by atoms with E-state index in [0.717, 1.165) is 0 Å². The van der Waals surface area contributed by atoms with Crippen LogP contribution in [0.2, 0.25) is 0 Å². The first kappa shape index (κ1) is 16.4. The highest BCUT2D eigenvalue weighted by Gasteiger charge is 2.26. The molecule has 2 nitrogen and oxygen atoms in total. The van der Waals surface area contributed by atoms with Crippen LogP contribution in [0, 0.1) is 0 Å². The lowest BCUT2D eigenvalue weighted by molar-refractivity contribution is 0.114. The molecule has 0 saturated heterocycles. The highest BCUT2D eigenvalue weighted by atomic mass is 15.4. The topological polar surface area (TPSA) is 6.48 Å². The van der Waals surface area contributed by atoms with Gasteiger partial charge in [0.1, 0.15) is 6.17 Å². The van der Waals surface area contributed by atoms with Crippen molar-refractivity contribution in [2.24, 2.45) is 0 Å². The van der Waals surface area contributed by atoms with E-state index < -0.39 is 0 Å². The molecule has 1 unspecified atom stereocenters. The Bertz CT molecular complexity index is 248. The van der Waals surface area contributed by atoms with Gasteiger partial charge >= 0.3 is 0 Å². The first-order valence-electron chi connectivity index (χ1n) is 8.42. The summed E-state index contributed by atoms with van der Waals surface area (Å²) >= 11 is 0. The van der Waals surface area contributed by atoms with Gasteiger partial charge in [-0.05, 0) is 33.1 Å². The van der Waals surface area contributed by atoms with E-state index in [4.69, 9.17) is 0 Å². The van der Waals surface area contributed by atoms with Crippen molar-refractivity contribution in [2.45, 2.75) is 91.3 Å². The molecule has 1 heterocycles. The molecule has 1 aliphatic heterocycles. The van der Waals surface area contributed by atoms with Crippen molar-refractivity contribution < 1.29 is 0 Å². The Kier molecular flexibility index (Phi) is 8.00. The number of rotatable bonds is 10. The second kappa shape index (κ2) is 9.28. The van der Waals surface area contributed by atoms with Crippen LogP contribution in [0.25, 0.3) is 0 Å². The summed E-state index contributed by atoms with van der Waals surface area (Å²) in [5.41, 5.74) is 0. The summed E-state index contributed by atoms with van der Waals surface area (Å²) < 4.78 is 0. The van der Waals surface area contributed by atoms with Gasteiger partial charge in [-0.1, -0.05) is 46.0 Å². The summed E-state index contributed by atoms with van der Waals surface area (Å²) in [5.74, 6) is 0. The minimum atomic E-state index is 0.614. The molecular formula is C17H34N2. The fourth-order valence-electron chi connectivity index (χ4n) is 2.86. The molecule has 0 saturated carbocycles. The lowest BCUT2D eigenvalue weighted by atomic mass is 10.1. The zero-order valence-corrected chi connectivity index (χ0v) is 13.6. The molecule has 0 radical (unpaired) electrons. The summed E-state index contributed by atoms with van der Waals surface area (Å²) in [4.78, 5) is 5.10. The zero-order chi connectivity index (χ0) is 14.1. The van der Waals surface area contributed by atoms with Crippen molar-refractivity contribution in [1.82, 2.24) is 9.80 Å². The second-order valence-corrected chi connectivity index (χ2v) is 6.11. The van der Waals surface area contributed by atoms with Gasteiger partial charge in [-0.3, -0.25) is 0 Å². The van der Waals surface area contributed by atoms with Crippen molar-refractivity contribution in [3.05, 3.63) is 12.4 Å². The fraction of sp³-hybridized carbons (Fsp3) is 0.882. The van der Waals surface area contributed by atoms with Gasteiger partial charge in [0, 0.05) is 25.0 Å². The average Bonchev–Trinajstić information content (AvgIpc) is 2.79. The molecule has 1 aliphatic rings. The minimum absolute atomic E-state index is 0.614. The zero-order valence-electron chi connectivity index (χ0n) is 13.6. The Morgan fingerprint density at radius 1 is 0.895 bits per heavy atom. The summed E-state index contributed by atoms with van der Waals surface area (Å²) in [6.07, 6.45) is 16.1. The van der Waals surface area contributed by atoms with Crippen LogP contribution in [-0.4, -0.2) is 28.6 Å². The SMILES string of the molecule is CCCCCCCC1N(CCCC)C=CN1C(C)C. The third kappa shape index (κ3) is 5.46. The highest BCUT2D eigenvalue weighted by Crippen LogP contribution is 2.24. The van der Waals surface area contributed by atoms with Crippen LogP contribution < -0.4 is 0 Å². The van der Waals surface area contributed by atoms with Crippen LogP contribution in [-0.2, 0) is 0 Å². The summed E-state index contributed by atoms with van der Waals surface area (Å²) in [5, 5.41) is 0. The molecule has 112 valence electrons. The predicted molar refractivity (Wildman–Crippen MR) is 84.9 cm³/mol. The van der Waals surface area contributed by atoms with Gasteiger partial charge in [0.25, 0.3) is 0 Å². The summed E-state index contributed by atoms with van der Waals surface area (Å²) in [7, 11) is 0. The van der Waals surface area contributed by atoms with Crippen molar-refractivity contribution in [1.29, 1.82) is 0 Å². The summed E-state index contributed by atoms with van der Waals surface area (Å²) in [6.45, 7) is 10.4. The van der Waals surface area contributed by atoms with Gasteiger partial charge in [0.2, 0.25) is 0 Å². The van der Waals surface area contributed by atoms with Crippen molar-refractivity contribution in [3.8, 4) is 0 Å². The number of hydrogen-bond acceptors (Lipinski definition) is 2. The molecule has 2 heteroatoms. The number of unbranched alkanes of at least 4 members (excludes halogenated alkanes) is 5. The molecule has 0 bridgehead atoms. The van der Waals surface area contributed by atoms with Crippen molar-refractivity contribution >= 4 is 0 Å². The van der Waals surface area contributed by atoms with E-state index in [2.05, 4.69) is 49.9 Å². The molecule has 0 N–H and O–H groups in total. The molecular weight excluding hydrogens is 232 g/mol. The van der Waals surface area contributed by atoms with Crippen LogP contribution in [0.15, 0.2) is 12.4 Å². The van der Waals surface area contributed by atoms with Crippen LogP contribution in [0.5, 0.6) is 0 Å². The highest BCUT2D eigenvalue weighted by molar-refractivity contribution is 4.98. The first-order valence-corrected chi connectivity index (χ1v) is 8.42. The fourth-order valence-corrected chi connectivity index (χ4v) is 2.86. The molecule has 0 aromatic carbocycles. The maximum absolute atomic E-state index is 2.56. The third-order valence-corrected chi connectivity index (χ3v) is 4.09. The minimum Gasteiger partial charge on any atom is -0.356 e. The maximum atomic E-state index is 2.56. The molecule has 0 spiro atoms. The van der Waals surface area contributed by atoms with Gasteiger partial charge in [-0.25, -0.2) is 0 Å². The van der Waals surface area contributed by atoms with Crippen LogP contribution in [0.3, 0.4) is 0 Å². The maximum Gasteiger partial charge on any atom is 0.101 e. The summed E-state index contributed by atoms with van der Waals surface area (Å²) in [6, 6.07) is 0.614. The number of hydrogen-bond donors (Lipinski definition) is 0. The molecule has 0 amide bonds. The molecule has 0 fully saturated rings. The van der Waals surface area contributed by atoms with Gasteiger partial charge in [0.05, 0.1) is 0 Å². The van der Waals surface area contributed by atoms with Crippen molar-refractivity contribution in [2.75, 3.05) is 6.54 Å². The number of nitrogens with zero attached hydrogens (tertiary/aromatic N) is 2. The molecule has 0 aromatic heterocycles. The third-order valence-electron chi connectivity index (χ3n) is 4.09. The molecule has 0 aliphatic carbocycles. The van der Waals surface area contributed by atoms with E-state index in [1.54, 1.807) is 0 Å². The Morgan fingerprint density at radius 2 is 1.58 bits per heavy atom. The predicted octanol–water partition coefficient (Wildman–Crippen LogP) is 4.97. The Balaban J connectivity index is 2.38. The van der Waals surface area contributed by atoms with Crippen molar-refractivity contribution in [3.63, 3.8) is 0 Å². The van der Waals surface area contributed by atoms with Gasteiger partial charge < -0.3 is 9.80 Å². The Labute approximate surface area is 120 Å². The van der Waals surface area contributed by atoms with Gasteiger partial charge in [-0.2, -0.15) is 0 Å². The largest absolute Gasteiger partial charge is 0.356 e. The van der Waals surface area contributed by atoms with E-state index in [9.17, 15) is 0 Å². The van der Waals surface area contributed by atoms with E-state index >= 15 is 0 Å². The normalized spacial score (nSPS) is 18.9. The lowest BCUT2D eigenvalue weighted by Crippen LogP contribution is -2.42. The monoisotopic (exact) mass is 266 g/mol. The molecule has 1 rings (SSSR count). The Hall–Kier alpha value is -0.660. The lowest BCUT2D eigenvalue weighted by Gasteiger charge is -2.35. The first-order chi connectivity index (χ1) is 9.20.